The summed E-state index contributed by atoms with van der Waals surface area (Å²) < 4.78 is 1.62. The first-order chi connectivity index (χ1) is 9.20. The minimum Gasteiger partial charge on any atom is -0.365 e. The van der Waals surface area contributed by atoms with E-state index in [9.17, 15) is 4.79 Å². The Balaban J connectivity index is 1.96. The fourth-order valence-electron chi connectivity index (χ4n) is 1.79. The Labute approximate surface area is 117 Å². The normalized spacial score (nSPS) is 10.4. The highest BCUT2D eigenvalue weighted by molar-refractivity contribution is 6.30. The van der Waals surface area contributed by atoms with E-state index in [1.165, 1.54) is 5.56 Å². The Morgan fingerprint density at radius 3 is 2.74 bits per heavy atom. The summed E-state index contributed by atoms with van der Waals surface area (Å²) in [4.78, 5) is 16.0. The van der Waals surface area contributed by atoms with E-state index in [-0.39, 0.29) is 5.56 Å². The Hall–Kier alpha value is -1.81. The van der Waals surface area contributed by atoms with Crippen LogP contribution in [0.4, 0.5) is 5.82 Å². The van der Waals surface area contributed by atoms with Gasteiger partial charge in [-0.2, -0.15) is 0 Å². The van der Waals surface area contributed by atoms with Crippen LogP contribution in [0.1, 0.15) is 12.5 Å². The Bertz CT molecular complexity index is 592. The lowest BCUT2D eigenvalue weighted by atomic mass is 10.1. The van der Waals surface area contributed by atoms with Gasteiger partial charge in [-0.3, -0.25) is 4.79 Å². The number of hydrogen-bond acceptors (Lipinski definition) is 3. The lowest BCUT2D eigenvalue weighted by Gasteiger charge is -2.07. The van der Waals surface area contributed by atoms with Crippen molar-refractivity contribution in [3.63, 3.8) is 0 Å². The van der Waals surface area contributed by atoms with Crippen LogP contribution in [0.3, 0.4) is 0 Å². The number of aryl methyl sites for hydroxylation is 1. The third kappa shape index (κ3) is 3.58. The van der Waals surface area contributed by atoms with Gasteiger partial charge >= 0.3 is 0 Å². The van der Waals surface area contributed by atoms with Crippen LogP contribution in [-0.4, -0.2) is 16.1 Å². The molecule has 19 heavy (non-hydrogen) atoms. The van der Waals surface area contributed by atoms with E-state index in [0.717, 1.165) is 11.4 Å². The summed E-state index contributed by atoms with van der Waals surface area (Å²) >= 11 is 5.83. The third-order valence-corrected chi connectivity index (χ3v) is 3.13. The number of hydrogen-bond donors (Lipinski definition) is 1. The van der Waals surface area contributed by atoms with Gasteiger partial charge in [0.1, 0.15) is 0 Å². The van der Waals surface area contributed by atoms with Crippen LogP contribution in [-0.2, 0) is 13.0 Å². The number of nitrogens with one attached hydrogen (secondary N) is 1. The van der Waals surface area contributed by atoms with Gasteiger partial charge in [-0.15, -0.1) is 0 Å². The number of aromatic nitrogens is 2. The van der Waals surface area contributed by atoms with Gasteiger partial charge in [0.2, 0.25) is 0 Å². The topological polar surface area (TPSA) is 46.9 Å². The minimum atomic E-state index is -0.0823. The average molecular weight is 278 g/mol. The maximum atomic E-state index is 11.9. The molecule has 1 N–H and O–H groups in total. The first-order valence-electron chi connectivity index (χ1n) is 6.24. The van der Waals surface area contributed by atoms with Crippen LogP contribution < -0.4 is 10.9 Å². The van der Waals surface area contributed by atoms with E-state index < -0.39 is 0 Å². The second-order valence-electron chi connectivity index (χ2n) is 4.17. The molecular formula is C14H16ClN3O. The van der Waals surface area contributed by atoms with Gasteiger partial charge in [-0.05, 0) is 31.0 Å². The second kappa shape index (κ2) is 6.38. The third-order valence-electron chi connectivity index (χ3n) is 2.87. The summed E-state index contributed by atoms with van der Waals surface area (Å²) in [5.41, 5.74) is 1.09. The molecule has 100 valence electrons. The second-order valence-corrected chi connectivity index (χ2v) is 4.61. The van der Waals surface area contributed by atoms with Gasteiger partial charge in [0.25, 0.3) is 5.56 Å². The van der Waals surface area contributed by atoms with E-state index >= 15 is 0 Å². The summed E-state index contributed by atoms with van der Waals surface area (Å²) in [6.07, 6.45) is 4.14. The fourth-order valence-corrected chi connectivity index (χ4v) is 1.92. The molecule has 0 bridgehead atoms. The molecule has 0 atom stereocenters. The molecule has 4 nitrogen and oxygen atoms in total. The maximum Gasteiger partial charge on any atom is 0.293 e. The number of anilines is 1. The average Bonchev–Trinajstić information content (AvgIpc) is 2.43. The molecule has 2 rings (SSSR count). The molecule has 1 heterocycles. The van der Waals surface area contributed by atoms with Crippen molar-refractivity contribution in [1.29, 1.82) is 0 Å². The first-order valence-corrected chi connectivity index (χ1v) is 6.62. The molecule has 0 spiro atoms. The van der Waals surface area contributed by atoms with Crippen molar-refractivity contribution in [1.82, 2.24) is 9.55 Å². The SMILES string of the molecule is CCn1ccnc(NCCc2ccc(Cl)cc2)c1=O. The lowest BCUT2D eigenvalue weighted by molar-refractivity contribution is 0.718. The van der Waals surface area contributed by atoms with Crippen LogP contribution in [0.2, 0.25) is 5.02 Å². The molecule has 0 aliphatic heterocycles. The molecule has 0 unspecified atom stereocenters. The molecule has 1 aromatic heterocycles. The van der Waals surface area contributed by atoms with Gasteiger partial charge in [0.05, 0.1) is 0 Å². The van der Waals surface area contributed by atoms with Crippen molar-refractivity contribution in [3.8, 4) is 0 Å². The molecule has 0 fully saturated rings. The highest BCUT2D eigenvalue weighted by Gasteiger charge is 2.02. The zero-order valence-corrected chi connectivity index (χ0v) is 11.5. The van der Waals surface area contributed by atoms with Crippen molar-refractivity contribution in [2.24, 2.45) is 0 Å². The van der Waals surface area contributed by atoms with Crippen molar-refractivity contribution in [2.45, 2.75) is 19.9 Å². The van der Waals surface area contributed by atoms with Crippen LogP contribution in [0.25, 0.3) is 0 Å². The Kier molecular flexibility index (Phi) is 4.58. The summed E-state index contributed by atoms with van der Waals surface area (Å²) in [5.74, 6) is 0.401. The largest absolute Gasteiger partial charge is 0.365 e. The van der Waals surface area contributed by atoms with Gasteiger partial charge in [-0.1, -0.05) is 23.7 Å². The van der Waals surface area contributed by atoms with Crippen molar-refractivity contribution in [3.05, 3.63) is 57.6 Å². The number of halogens is 1. The van der Waals surface area contributed by atoms with Crippen LogP contribution in [0.15, 0.2) is 41.5 Å². The quantitative estimate of drug-likeness (QED) is 0.914. The zero-order chi connectivity index (χ0) is 13.7. The summed E-state index contributed by atoms with van der Waals surface area (Å²) in [6.45, 7) is 3.24. The molecule has 2 aromatic rings. The molecule has 5 heteroatoms. The predicted molar refractivity (Wildman–Crippen MR) is 77.8 cm³/mol. The maximum absolute atomic E-state index is 11.9. The number of nitrogens with zero attached hydrogens (tertiary/aromatic N) is 2. The molecule has 0 saturated heterocycles. The van der Waals surface area contributed by atoms with Crippen molar-refractivity contribution >= 4 is 17.4 Å². The van der Waals surface area contributed by atoms with Gasteiger partial charge in [0, 0.05) is 30.5 Å². The minimum absolute atomic E-state index is 0.0823. The molecule has 1 aromatic carbocycles. The van der Waals surface area contributed by atoms with E-state index in [4.69, 9.17) is 11.6 Å². The number of benzene rings is 1. The van der Waals surface area contributed by atoms with Gasteiger partial charge < -0.3 is 9.88 Å². The summed E-state index contributed by atoms with van der Waals surface area (Å²) in [5, 5.41) is 3.80. The van der Waals surface area contributed by atoms with E-state index in [2.05, 4.69) is 10.3 Å². The fraction of sp³-hybridized carbons (Fsp3) is 0.286. The highest BCUT2D eigenvalue weighted by Crippen LogP contribution is 2.09. The molecular weight excluding hydrogens is 262 g/mol. The van der Waals surface area contributed by atoms with Gasteiger partial charge in [-0.25, -0.2) is 4.98 Å². The molecule has 0 amide bonds. The Morgan fingerprint density at radius 1 is 1.32 bits per heavy atom. The van der Waals surface area contributed by atoms with Gasteiger partial charge in [0.15, 0.2) is 5.82 Å². The van der Waals surface area contributed by atoms with Crippen molar-refractivity contribution < 1.29 is 0 Å². The molecule has 0 aliphatic carbocycles. The lowest BCUT2D eigenvalue weighted by Crippen LogP contribution is -2.24. The number of rotatable bonds is 5. The standard InChI is InChI=1S/C14H16ClN3O/c1-2-18-10-9-17-13(14(18)19)16-8-7-11-3-5-12(15)6-4-11/h3-6,9-10H,2,7-8H2,1H3,(H,16,17). The highest BCUT2D eigenvalue weighted by atomic mass is 35.5. The van der Waals surface area contributed by atoms with E-state index in [0.29, 0.717) is 18.9 Å². The summed E-state index contributed by atoms with van der Waals surface area (Å²) in [7, 11) is 0. The first kappa shape index (κ1) is 13.6. The van der Waals surface area contributed by atoms with Crippen molar-refractivity contribution in [2.75, 3.05) is 11.9 Å². The molecule has 0 saturated carbocycles. The smallest absolute Gasteiger partial charge is 0.293 e. The van der Waals surface area contributed by atoms with Crippen LogP contribution in [0.5, 0.6) is 0 Å². The molecule has 0 radical (unpaired) electrons. The Morgan fingerprint density at radius 2 is 2.05 bits per heavy atom. The van der Waals surface area contributed by atoms with Crippen LogP contribution >= 0.6 is 11.6 Å². The van der Waals surface area contributed by atoms with E-state index in [1.54, 1.807) is 17.0 Å². The zero-order valence-electron chi connectivity index (χ0n) is 10.8. The van der Waals surface area contributed by atoms with Crippen LogP contribution in [0, 0.1) is 0 Å². The van der Waals surface area contributed by atoms with E-state index in [1.807, 2.05) is 31.2 Å². The molecule has 0 aliphatic rings. The summed E-state index contributed by atoms with van der Waals surface area (Å²) in [6, 6.07) is 7.68. The predicted octanol–water partition coefficient (Wildman–Crippen LogP) is 2.57. The monoisotopic (exact) mass is 277 g/mol.